The number of thiazole rings is 1. The summed E-state index contributed by atoms with van der Waals surface area (Å²) < 4.78 is 4.62. The monoisotopic (exact) mass is 184 g/mol. The fourth-order valence-electron chi connectivity index (χ4n) is 0.968. The predicted octanol–water partition coefficient (Wildman–Crippen LogP) is 1.48. The Hall–Kier alpha value is -1.10. The number of carbonyl (C=O) groups excluding carboxylic acids is 1. The Bertz CT molecular complexity index is 306. The molecule has 0 radical (unpaired) electrons. The van der Waals surface area contributed by atoms with E-state index in [-0.39, 0.29) is 0 Å². The number of hydrogen-bond acceptors (Lipinski definition) is 4. The van der Waals surface area contributed by atoms with Crippen LogP contribution < -0.4 is 10.5 Å². The van der Waals surface area contributed by atoms with Gasteiger partial charge in [0.25, 0.3) is 5.19 Å². The van der Waals surface area contributed by atoms with Crippen LogP contribution >= 0.6 is 11.3 Å². The topological polar surface area (TPSA) is 65.2 Å². The highest BCUT2D eigenvalue weighted by molar-refractivity contribution is 7.11. The van der Waals surface area contributed by atoms with E-state index in [1.165, 1.54) is 24.2 Å². The van der Waals surface area contributed by atoms with Crippen molar-refractivity contribution in [2.24, 2.45) is 5.73 Å². The Labute approximate surface area is 73.4 Å². The zero-order chi connectivity index (χ0) is 8.55. The van der Waals surface area contributed by atoms with Crippen LogP contribution in [0.25, 0.3) is 0 Å². The zero-order valence-electron chi connectivity index (χ0n) is 6.32. The van der Waals surface area contributed by atoms with E-state index in [2.05, 4.69) is 9.72 Å². The minimum atomic E-state index is -0.799. The van der Waals surface area contributed by atoms with Crippen molar-refractivity contribution in [2.75, 3.05) is 0 Å². The van der Waals surface area contributed by atoms with Gasteiger partial charge in [-0.05, 0) is 12.8 Å². The van der Waals surface area contributed by atoms with E-state index < -0.39 is 6.09 Å². The summed E-state index contributed by atoms with van der Waals surface area (Å²) in [7, 11) is 0. The van der Waals surface area contributed by atoms with Gasteiger partial charge >= 0.3 is 6.09 Å². The molecule has 1 aromatic rings. The zero-order valence-corrected chi connectivity index (χ0v) is 7.13. The lowest BCUT2D eigenvalue weighted by Gasteiger charge is -1.91. The first kappa shape index (κ1) is 7.54. The van der Waals surface area contributed by atoms with Crippen LogP contribution in [0.15, 0.2) is 5.38 Å². The van der Waals surface area contributed by atoms with Gasteiger partial charge < -0.3 is 10.5 Å². The van der Waals surface area contributed by atoms with Gasteiger partial charge in [0, 0.05) is 11.3 Å². The molecule has 1 saturated carbocycles. The van der Waals surface area contributed by atoms with Crippen molar-refractivity contribution in [3.63, 3.8) is 0 Å². The highest BCUT2D eigenvalue weighted by Gasteiger charge is 2.26. The maximum atomic E-state index is 10.3. The first-order chi connectivity index (χ1) is 5.75. The third-order valence-corrected chi connectivity index (χ3v) is 2.42. The number of primary amides is 1. The number of carbonyl (C=O) groups is 1. The van der Waals surface area contributed by atoms with Crippen LogP contribution in [0.4, 0.5) is 4.79 Å². The Kier molecular flexibility index (Phi) is 1.73. The first-order valence-corrected chi connectivity index (χ1v) is 4.56. The molecule has 1 fully saturated rings. The smallest absolute Gasteiger partial charge is 0.381 e. The van der Waals surface area contributed by atoms with Crippen LogP contribution in [0.5, 0.6) is 5.19 Å². The van der Waals surface area contributed by atoms with Gasteiger partial charge in [-0.2, -0.15) is 0 Å². The third-order valence-electron chi connectivity index (χ3n) is 1.68. The van der Waals surface area contributed by atoms with Crippen molar-refractivity contribution in [1.82, 2.24) is 4.98 Å². The largest absolute Gasteiger partial charge is 0.411 e. The molecule has 1 amide bonds. The minimum absolute atomic E-state index is 0.351. The summed E-state index contributed by atoms with van der Waals surface area (Å²) >= 11 is 1.31. The summed E-state index contributed by atoms with van der Waals surface area (Å²) in [4.78, 5) is 14.4. The molecule has 2 rings (SSSR count). The van der Waals surface area contributed by atoms with Crippen LogP contribution in [0.3, 0.4) is 0 Å². The van der Waals surface area contributed by atoms with Crippen LogP contribution in [-0.2, 0) is 0 Å². The Morgan fingerprint density at radius 3 is 3.08 bits per heavy atom. The third kappa shape index (κ3) is 1.55. The fourth-order valence-corrected chi connectivity index (χ4v) is 1.72. The number of amides is 1. The average Bonchev–Trinajstić information content (AvgIpc) is 2.73. The van der Waals surface area contributed by atoms with E-state index in [4.69, 9.17) is 5.73 Å². The summed E-state index contributed by atoms with van der Waals surface area (Å²) in [6, 6.07) is 0. The average molecular weight is 184 g/mol. The van der Waals surface area contributed by atoms with Crippen molar-refractivity contribution < 1.29 is 9.53 Å². The highest BCUT2D eigenvalue weighted by Crippen LogP contribution is 2.41. The number of nitrogens with two attached hydrogens (primary N) is 1. The van der Waals surface area contributed by atoms with Gasteiger partial charge in [-0.1, -0.05) is 11.3 Å². The molecule has 0 saturated heterocycles. The highest BCUT2D eigenvalue weighted by atomic mass is 32.1. The van der Waals surface area contributed by atoms with Gasteiger partial charge in [0.05, 0.1) is 5.69 Å². The molecule has 1 heterocycles. The lowest BCUT2D eigenvalue weighted by atomic mass is 10.3. The van der Waals surface area contributed by atoms with Gasteiger partial charge in [-0.3, -0.25) is 0 Å². The maximum Gasteiger partial charge on any atom is 0.411 e. The molecular formula is C7H8N2O2S. The van der Waals surface area contributed by atoms with Crippen LogP contribution in [0.2, 0.25) is 0 Å². The molecule has 64 valence electrons. The first-order valence-electron chi connectivity index (χ1n) is 3.68. The Morgan fingerprint density at radius 1 is 1.75 bits per heavy atom. The molecule has 0 bridgehead atoms. The van der Waals surface area contributed by atoms with Crippen molar-refractivity contribution >= 4 is 17.4 Å². The van der Waals surface area contributed by atoms with Crippen LogP contribution in [0, 0.1) is 0 Å². The second-order valence-corrected chi connectivity index (χ2v) is 3.55. The second-order valence-electron chi connectivity index (χ2n) is 2.73. The molecule has 0 unspecified atom stereocenters. The molecule has 0 spiro atoms. The summed E-state index contributed by atoms with van der Waals surface area (Å²) in [5, 5.41) is 2.26. The maximum absolute atomic E-state index is 10.3. The SMILES string of the molecule is NC(=O)Oc1nc(C2CC2)cs1. The van der Waals surface area contributed by atoms with Gasteiger partial charge in [0.2, 0.25) is 0 Å². The van der Waals surface area contributed by atoms with Gasteiger partial charge in [0.15, 0.2) is 0 Å². The quantitative estimate of drug-likeness (QED) is 0.757. The number of aromatic nitrogens is 1. The molecule has 1 aliphatic rings. The van der Waals surface area contributed by atoms with E-state index >= 15 is 0 Å². The van der Waals surface area contributed by atoms with Crippen molar-refractivity contribution in [3.8, 4) is 5.19 Å². The molecule has 5 heteroatoms. The molecule has 0 aliphatic heterocycles. The number of rotatable bonds is 2. The number of nitrogens with zero attached hydrogens (tertiary/aromatic N) is 1. The molecule has 4 nitrogen and oxygen atoms in total. The Morgan fingerprint density at radius 2 is 2.50 bits per heavy atom. The summed E-state index contributed by atoms with van der Waals surface area (Å²) in [6.45, 7) is 0. The van der Waals surface area contributed by atoms with Gasteiger partial charge in [-0.25, -0.2) is 9.78 Å². The van der Waals surface area contributed by atoms with Crippen molar-refractivity contribution in [3.05, 3.63) is 11.1 Å². The van der Waals surface area contributed by atoms with Crippen molar-refractivity contribution in [2.45, 2.75) is 18.8 Å². The molecule has 0 atom stereocenters. The lowest BCUT2D eigenvalue weighted by molar-refractivity contribution is 0.210. The molecule has 1 aliphatic carbocycles. The molecule has 0 aromatic carbocycles. The number of ether oxygens (including phenoxy) is 1. The second kappa shape index (κ2) is 2.75. The van der Waals surface area contributed by atoms with E-state index in [1.54, 1.807) is 0 Å². The van der Waals surface area contributed by atoms with Crippen molar-refractivity contribution in [1.29, 1.82) is 0 Å². The lowest BCUT2D eigenvalue weighted by Crippen LogP contribution is -2.16. The van der Waals surface area contributed by atoms with E-state index in [1.807, 2.05) is 5.38 Å². The molecular weight excluding hydrogens is 176 g/mol. The van der Waals surface area contributed by atoms with E-state index in [0.717, 1.165) is 5.69 Å². The molecule has 2 N–H and O–H groups in total. The standard InChI is InChI=1S/C7H8N2O2S/c8-6(10)11-7-9-5(3-12-7)4-1-2-4/h3-4H,1-2H2,(H2,8,10). The summed E-state index contributed by atoms with van der Waals surface area (Å²) in [5.74, 6) is 0.589. The molecule has 12 heavy (non-hydrogen) atoms. The Balaban J connectivity index is 2.07. The number of hydrogen-bond donors (Lipinski definition) is 1. The normalized spacial score (nSPS) is 16.0. The van der Waals surface area contributed by atoms with E-state index in [0.29, 0.717) is 11.1 Å². The molecule has 1 aromatic heterocycles. The van der Waals surface area contributed by atoms with Gasteiger partial charge in [-0.15, -0.1) is 0 Å². The minimum Gasteiger partial charge on any atom is -0.381 e. The fraction of sp³-hybridized carbons (Fsp3) is 0.429. The summed E-state index contributed by atoms with van der Waals surface area (Å²) in [6.07, 6.45) is 1.59. The van der Waals surface area contributed by atoms with Crippen LogP contribution in [0.1, 0.15) is 24.5 Å². The van der Waals surface area contributed by atoms with Gasteiger partial charge in [0.1, 0.15) is 0 Å². The predicted molar refractivity (Wildman–Crippen MR) is 44.3 cm³/mol. The van der Waals surface area contributed by atoms with Crippen LogP contribution in [-0.4, -0.2) is 11.1 Å². The van der Waals surface area contributed by atoms with E-state index in [9.17, 15) is 4.79 Å². The summed E-state index contributed by atoms with van der Waals surface area (Å²) in [5.41, 5.74) is 5.86.